The molecule has 0 aliphatic heterocycles. The van der Waals surface area contributed by atoms with Crippen molar-refractivity contribution in [3.8, 4) is 0 Å². The third kappa shape index (κ3) is 7.06. The van der Waals surface area contributed by atoms with E-state index in [1.165, 1.54) is 11.0 Å². The predicted molar refractivity (Wildman–Crippen MR) is 89.5 cm³/mol. The molecule has 0 spiro atoms. The second kappa shape index (κ2) is 9.27. The van der Waals surface area contributed by atoms with Gasteiger partial charge in [-0.05, 0) is 48.5 Å². The second-order valence-electron chi connectivity index (χ2n) is 6.51. The van der Waals surface area contributed by atoms with Crippen molar-refractivity contribution in [2.75, 3.05) is 6.54 Å². The third-order valence-electron chi connectivity index (χ3n) is 4.21. The molecule has 0 heterocycles. The minimum Gasteiger partial charge on any atom is -0.421 e. The van der Waals surface area contributed by atoms with Crippen molar-refractivity contribution in [3.63, 3.8) is 0 Å². The van der Waals surface area contributed by atoms with E-state index in [0.717, 1.165) is 22.3 Å². The Hall–Kier alpha value is -0.600. The van der Waals surface area contributed by atoms with Gasteiger partial charge in [0.25, 0.3) is 0 Å². The van der Waals surface area contributed by atoms with Crippen molar-refractivity contribution in [1.29, 1.82) is 0 Å². The topological polar surface area (TPSA) is 82.4 Å². The average Bonchev–Trinajstić information content (AvgIpc) is 2.35. The SMILES string of the molecule is CC[N+](C(C)C)(C(C)C)C(C)C.O=S(=O)([N-]S(=O)(=O)C(F)(F)F)C(F)(F)F. The Morgan fingerprint density at radius 2 is 0.926 bits per heavy atom. The highest BCUT2D eigenvalue weighted by atomic mass is 32.3. The van der Waals surface area contributed by atoms with Gasteiger partial charge in [0.2, 0.25) is 0 Å². The van der Waals surface area contributed by atoms with Gasteiger partial charge < -0.3 is 8.61 Å². The number of quaternary nitrogens is 1. The van der Waals surface area contributed by atoms with Gasteiger partial charge in [0.1, 0.15) is 0 Å². The lowest BCUT2D eigenvalue weighted by Gasteiger charge is -2.48. The first kappa shape index (κ1) is 28.6. The summed E-state index contributed by atoms with van der Waals surface area (Å²) < 4.78 is 110. The first-order valence-corrected chi connectivity index (χ1v) is 10.7. The molecule has 0 aromatic heterocycles. The summed E-state index contributed by atoms with van der Waals surface area (Å²) in [4.78, 5) is 0. The van der Waals surface area contributed by atoms with E-state index < -0.39 is 31.1 Å². The van der Waals surface area contributed by atoms with Crippen molar-refractivity contribution in [1.82, 2.24) is 0 Å². The molecule has 0 saturated heterocycles. The van der Waals surface area contributed by atoms with Crippen molar-refractivity contribution in [2.45, 2.75) is 77.6 Å². The van der Waals surface area contributed by atoms with Gasteiger partial charge in [-0.25, -0.2) is 16.8 Å². The van der Waals surface area contributed by atoms with Crippen LogP contribution in [0.2, 0.25) is 0 Å². The molecule has 14 heteroatoms. The molecule has 166 valence electrons. The Morgan fingerprint density at radius 3 is 1.00 bits per heavy atom. The molecule has 0 atom stereocenters. The van der Waals surface area contributed by atoms with E-state index in [0.29, 0.717) is 0 Å². The zero-order chi connectivity index (χ0) is 22.6. The molecule has 0 fully saturated rings. The van der Waals surface area contributed by atoms with E-state index in [4.69, 9.17) is 0 Å². The number of alkyl halides is 6. The molecule has 0 bridgehead atoms. The maximum absolute atomic E-state index is 11.4. The number of hydrogen-bond donors (Lipinski definition) is 0. The first-order chi connectivity index (χ1) is 11.6. The van der Waals surface area contributed by atoms with Gasteiger partial charge in [0.15, 0.2) is 20.0 Å². The van der Waals surface area contributed by atoms with E-state index in [-0.39, 0.29) is 0 Å². The lowest BCUT2D eigenvalue weighted by molar-refractivity contribution is -0.983. The fraction of sp³-hybridized carbons (Fsp3) is 1.00. The van der Waals surface area contributed by atoms with E-state index in [1.807, 2.05) is 0 Å². The summed E-state index contributed by atoms with van der Waals surface area (Å²) in [5.74, 6) is 0. The van der Waals surface area contributed by atoms with Crippen LogP contribution in [-0.2, 0) is 20.0 Å². The molecule has 0 aliphatic rings. The molecule has 0 amide bonds. The van der Waals surface area contributed by atoms with Gasteiger partial charge in [0, 0.05) is 0 Å². The molecule has 0 saturated carbocycles. The summed E-state index contributed by atoms with van der Waals surface area (Å²) in [5.41, 5.74) is -12.4. The molecule has 0 unspecified atom stereocenters. The lowest BCUT2D eigenvalue weighted by Crippen LogP contribution is -2.61. The van der Waals surface area contributed by atoms with Crippen LogP contribution in [0.1, 0.15) is 48.5 Å². The molecular weight excluding hydrogens is 426 g/mol. The summed E-state index contributed by atoms with van der Waals surface area (Å²) in [6.07, 6.45) is 0. The molecule has 6 nitrogen and oxygen atoms in total. The predicted octanol–water partition coefficient (Wildman–Crippen LogP) is 4.11. The quantitative estimate of drug-likeness (QED) is 0.449. The van der Waals surface area contributed by atoms with Gasteiger partial charge in [0.05, 0.1) is 24.7 Å². The number of nitrogens with zero attached hydrogens (tertiary/aromatic N) is 2. The van der Waals surface area contributed by atoms with Crippen LogP contribution in [0.25, 0.3) is 4.13 Å². The van der Waals surface area contributed by atoms with Crippen molar-refractivity contribution >= 4 is 20.0 Å². The minimum absolute atomic E-state index is 0.731. The third-order valence-corrected chi connectivity index (χ3v) is 6.95. The van der Waals surface area contributed by atoms with Crippen LogP contribution >= 0.6 is 0 Å². The highest BCUT2D eigenvalue weighted by Crippen LogP contribution is 2.36. The van der Waals surface area contributed by atoms with Gasteiger partial charge in [-0.1, -0.05) is 0 Å². The zero-order valence-electron chi connectivity index (χ0n) is 16.1. The molecule has 27 heavy (non-hydrogen) atoms. The Kier molecular flexibility index (Phi) is 9.82. The van der Waals surface area contributed by atoms with Crippen LogP contribution in [0, 0.1) is 0 Å². The van der Waals surface area contributed by atoms with E-state index in [9.17, 15) is 43.2 Å². The van der Waals surface area contributed by atoms with Crippen molar-refractivity contribution in [2.24, 2.45) is 0 Å². The van der Waals surface area contributed by atoms with Crippen LogP contribution in [-0.4, -0.2) is 57.0 Å². The summed E-state index contributed by atoms with van der Waals surface area (Å²) >= 11 is 0. The Bertz CT molecular complexity index is 604. The van der Waals surface area contributed by atoms with Gasteiger partial charge in [-0.15, -0.1) is 0 Å². The molecule has 0 aromatic carbocycles. The van der Waals surface area contributed by atoms with Crippen LogP contribution in [0.15, 0.2) is 0 Å². The monoisotopic (exact) mass is 452 g/mol. The molecule has 0 rings (SSSR count). The number of halogens is 6. The number of sulfonamides is 2. The maximum atomic E-state index is 11.4. The van der Waals surface area contributed by atoms with Gasteiger partial charge in [-0.3, -0.25) is 0 Å². The molecular formula is C13H26F6N2O4S2. The summed E-state index contributed by atoms with van der Waals surface area (Å²) in [6, 6.07) is 2.19. The van der Waals surface area contributed by atoms with Crippen LogP contribution in [0.4, 0.5) is 26.3 Å². The molecule has 0 radical (unpaired) electrons. The zero-order valence-corrected chi connectivity index (χ0v) is 17.7. The number of hydrogen-bond acceptors (Lipinski definition) is 4. The first-order valence-electron chi connectivity index (χ1n) is 7.84. The van der Waals surface area contributed by atoms with E-state index >= 15 is 0 Å². The maximum Gasteiger partial charge on any atom is 0.480 e. The van der Waals surface area contributed by atoms with Crippen LogP contribution < -0.4 is 0 Å². The normalized spacial score (nSPS) is 14.5. The Morgan fingerprint density at radius 1 is 0.704 bits per heavy atom. The average molecular weight is 452 g/mol. The second-order valence-corrected chi connectivity index (χ2v) is 9.93. The van der Waals surface area contributed by atoms with Gasteiger partial charge in [-0.2, -0.15) is 26.3 Å². The van der Waals surface area contributed by atoms with Crippen molar-refractivity contribution in [3.05, 3.63) is 4.13 Å². The van der Waals surface area contributed by atoms with E-state index in [1.54, 1.807) is 0 Å². The fourth-order valence-corrected chi connectivity index (χ4v) is 4.81. The molecule has 0 aliphatic carbocycles. The van der Waals surface area contributed by atoms with E-state index in [2.05, 4.69) is 48.5 Å². The van der Waals surface area contributed by atoms with Crippen LogP contribution in [0.5, 0.6) is 0 Å². The number of rotatable bonds is 6. The highest BCUT2D eigenvalue weighted by molar-refractivity contribution is 8.13. The smallest absolute Gasteiger partial charge is 0.421 e. The Balaban J connectivity index is 0. The standard InChI is InChI=1S/C11H26N.C2F6NO4S2/c1-8-12(9(2)3,10(4)5)11(6)7;3-1(4,5)14(10,11)9-15(12,13)2(6,7)8/h9-11H,8H2,1-7H3;/q+1;-1. The highest BCUT2D eigenvalue weighted by Gasteiger charge is 2.47. The minimum atomic E-state index is -6.72. The van der Waals surface area contributed by atoms with Crippen LogP contribution in [0.3, 0.4) is 0 Å². The molecule has 0 aromatic rings. The summed E-state index contributed by atoms with van der Waals surface area (Å²) in [7, 11) is -13.4. The van der Waals surface area contributed by atoms with Gasteiger partial charge >= 0.3 is 11.0 Å². The summed E-state index contributed by atoms with van der Waals surface area (Å²) in [6.45, 7) is 17.6. The molecule has 0 N–H and O–H groups in total. The summed E-state index contributed by atoms with van der Waals surface area (Å²) in [5, 5.41) is 0. The lowest BCUT2D eigenvalue weighted by atomic mass is 10.1. The van der Waals surface area contributed by atoms with Crippen molar-refractivity contribution < 1.29 is 47.7 Å². The largest absolute Gasteiger partial charge is 0.480 e. The fourth-order valence-electron chi connectivity index (χ4n) is 3.10. The Labute approximate surface area is 156 Å².